The molecule has 1 aliphatic rings. The van der Waals surface area contributed by atoms with Crippen LogP contribution in [-0.4, -0.2) is 36.7 Å². The fourth-order valence-corrected chi connectivity index (χ4v) is 1.83. The fraction of sp³-hybridized carbons (Fsp3) is 0.923. The zero-order valence-electron chi connectivity index (χ0n) is 11.5. The van der Waals surface area contributed by atoms with Gasteiger partial charge in [-0.1, -0.05) is 6.92 Å². The number of hydrogen-bond donors (Lipinski definition) is 2. The monoisotopic (exact) mass is 242 g/mol. The van der Waals surface area contributed by atoms with Crippen molar-refractivity contribution in [1.29, 1.82) is 0 Å². The molecule has 17 heavy (non-hydrogen) atoms. The molecule has 0 aliphatic carbocycles. The summed E-state index contributed by atoms with van der Waals surface area (Å²) in [6.45, 7) is 9.64. The standard InChI is InChI=1S/C13H26N2O2/c1-5-13(3,4)15-12(16)10(2)14-11-7-6-8-17-9-11/h10-11,14H,5-9H2,1-4H3,(H,15,16). The smallest absolute Gasteiger partial charge is 0.237 e. The highest BCUT2D eigenvalue weighted by molar-refractivity contribution is 5.82. The molecule has 1 fully saturated rings. The van der Waals surface area contributed by atoms with Gasteiger partial charge in [-0.3, -0.25) is 4.79 Å². The van der Waals surface area contributed by atoms with E-state index in [1.807, 2.05) is 20.8 Å². The van der Waals surface area contributed by atoms with Gasteiger partial charge in [0.2, 0.25) is 5.91 Å². The molecule has 4 nitrogen and oxygen atoms in total. The molecule has 100 valence electrons. The first-order chi connectivity index (χ1) is 7.94. The van der Waals surface area contributed by atoms with E-state index in [2.05, 4.69) is 17.6 Å². The van der Waals surface area contributed by atoms with Crippen LogP contribution in [0.1, 0.15) is 47.0 Å². The largest absolute Gasteiger partial charge is 0.380 e. The van der Waals surface area contributed by atoms with Gasteiger partial charge in [0.05, 0.1) is 12.6 Å². The van der Waals surface area contributed by atoms with Crippen molar-refractivity contribution >= 4 is 5.91 Å². The molecule has 2 N–H and O–H groups in total. The van der Waals surface area contributed by atoms with Crippen LogP contribution in [0.4, 0.5) is 0 Å². The number of amides is 1. The third-order valence-corrected chi connectivity index (χ3v) is 3.38. The van der Waals surface area contributed by atoms with Gasteiger partial charge in [-0.15, -0.1) is 0 Å². The van der Waals surface area contributed by atoms with E-state index in [9.17, 15) is 4.79 Å². The quantitative estimate of drug-likeness (QED) is 0.767. The van der Waals surface area contributed by atoms with E-state index in [-0.39, 0.29) is 17.5 Å². The second-order valence-corrected chi connectivity index (χ2v) is 5.53. The van der Waals surface area contributed by atoms with Crippen LogP contribution in [0, 0.1) is 0 Å². The molecule has 2 atom stereocenters. The first kappa shape index (κ1) is 14.5. The minimum absolute atomic E-state index is 0.0717. The lowest BCUT2D eigenvalue weighted by Gasteiger charge is -2.30. The number of carbonyl (C=O) groups excluding carboxylic acids is 1. The predicted octanol–water partition coefficient (Wildman–Crippen LogP) is 1.45. The summed E-state index contributed by atoms with van der Waals surface area (Å²) in [6, 6.07) is 0.154. The Morgan fingerprint density at radius 3 is 2.76 bits per heavy atom. The average molecular weight is 242 g/mol. The molecule has 2 unspecified atom stereocenters. The number of hydrogen-bond acceptors (Lipinski definition) is 3. The minimum atomic E-state index is -0.160. The van der Waals surface area contributed by atoms with Gasteiger partial charge in [0.25, 0.3) is 0 Å². The molecule has 0 radical (unpaired) electrons. The van der Waals surface area contributed by atoms with Crippen LogP contribution in [0.2, 0.25) is 0 Å². The van der Waals surface area contributed by atoms with E-state index in [1.165, 1.54) is 0 Å². The molecule has 0 aromatic carbocycles. The zero-order valence-corrected chi connectivity index (χ0v) is 11.5. The maximum absolute atomic E-state index is 12.0. The Morgan fingerprint density at radius 2 is 2.24 bits per heavy atom. The van der Waals surface area contributed by atoms with Gasteiger partial charge in [-0.05, 0) is 40.0 Å². The van der Waals surface area contributed by atoms with Crippen LogP contribution in [-0.2, 0) is 9.53 Å². The van der Waals surface area contributed by atoms with Gasteiger partial charge >= 0.3 is 0 Å². The summed E-state index contributed by atoms with van der Waals surface area (Å²) in [5.74, 6) is 0.0717. The highest BCUT2D eigenvalue weighted by Crippen LogP contribution is 2.09. The lowest BCUT2D eigenvalue weighted by Crippen LogP contribution is -2.53. The highest BCUT2D eigenvalue weighted by atomic mass is 16.5. The van der Waals surface area contributed by atoms with Gasteiger partial charge in [-0.2, -0.15) is 0 Å². The summed E-state index contributed by atoms with van der Waals surface area (Å²) in [4.78, 5) is 12.0. The van der Waals surface area contributed by atoms with E-state index < -0.39 is 0 Å². The molecular weight excluding hydrogens is 216 g/mol. The van der Waals surface area contributed by atoms with E-state index >= 15 is 0 Å². The zero-order chi connectivity index (χ0) is 12.9. The van der Waals surface area contributed by atoms with Crippen molar-refractivity contribution in [3.8, 4) is 0 Å². The van der Waals surface area contributed by atoms with Crippen LogP contribution < -0.4 is 10.6 Å². The van der Waals surface area contributed by atoms with Crippen LogP contribution in [0.25, 0.3) is 0 Å². The number of ether oxygens (including phenoxy) is 1. The first-order valence-corrected chi connectivity index (χ1v) is 6.60. The Labute approximate surface area is 104 Å². The minimum Gasteiger partial charge on any atom is -0.380 e. The molecule has 1 heterocycles. The summed E-state index contributed by atoms with van der Waals surface area (Å²) < 4.78 is 5.39. The molecule has 1 amide bonds. The molecule has 0 bridgehead atoms. The van der Waals surface area contributed by atoms with Gasteiger partial charge in [-0.25, -0.2) is 0 Å². The van der Waals surface area contributed by atoms with E-state index in [1.54, 1.807) is 0 Å². The van der Waals surface area contributed by atoms with Crippen LogP contribution >= 0.6 is 0 Å². The van der Waals surface area contributed by atoms with Crippen molar-refractivity contribution in [1.82, 2.24) is 10.6 Å². The second kappa shape index (κ2) is 6.36. The Morgan fingerprint density at radius 1 is 1.53 bits per heavy atom. The molecule has 0 saturated carbocycles. The van der Waals surface area contributed by atoms with Crippen molar-refractivity contribution in [2.24, 2.45) is 0 Å². The lowest BCUT2D eigenvalue weighted by atomic mass is 10.0. The number of nitrogens with one attached hydrogen (secondary N) is 2. The topological polar surface area (TPSA) is 50.4 Å². The van der Waals surface area contributed by atoms with E-state index in [0.29, 0.717) is 6.04 Å². The molecule has 0 aromatic heterocycles. The summed E-state index contributed by atoms with van der Waals surface area (Å²) >= 11 is 0. The third-order valence-electron chi connectivity index (χ3n) is 3.38. The summed E-state index contributed by atoms with van der Waals surface area (Å²) in [6.07, 6.45) is 3.10. The maximum Gasteiger partial charge on any atom is 0.237 e. The second-order valence-electron chi connectivity index (χ2n) is 5.53. The molecule has 4 heteroatoms. The Hall–Kier alpha value is -0.610. The van der Waals surface area contributed by atoms with E-state index in [4.69, 9.17) is 4.74 Å². The van der Waals surface area contributed by atoms with Crippen molar-refractivity contribution in [3.63, 3.8) is 0 Å². The van der Waals surface area contributed by atoms with Gasteiger partial charge in [0.1, 0.15) is 0 Å². The van der Waals surface area contributed by atoms with Crippen molar-refractivity contribution in [3.05, 3.63) is 0 Å². The Balaban J connectivity index is 2.35. The predicted molar refractivity (Wildman–Crippen MR) is 69.0 cm³/mol. The average Bonchev–Trinajstić information content (AvgIpc) is 2.30. The third kappa shape index (κ3) is 5.04. The summed E-state index contributed by atoms with van der Waals surface area (Å²) in [5.41, 5.74) is -0.129. The SMILES string of the molecule is CCC(C)(C)NC(=O)C(C)NC1CCCOC1. The normalized spacial score (nSPS) is 23.2. The Kier molecular flexibility index (Phi) is 5.40. The number of rotatable bonds is 5. The molecule has 1 saturated heterocycles. The van der Waals surface area contributed by atoms with Crippen LogP contribution in [0.15, 0.2) is 0 Å². The van der Waals surface area contributed by atoms with Gasteiger partial charge in [0.15, 0.2) is 0 Å². The molecular formula is C13H26N2O2. The van der Waals surface area contributed by atoms with Crippen LogP contribution in [0.3, 0.4) is 0 Å². The van der Waals surface area contributed by atoms with Crippen molar-refractivity contribution < 1.29 is 9.53 Å². The summed E-state index contributed by atoms with van der Waals surface area (Å²) in [7, 11) is 0. The maximum atomic E-state index is 12.0. The summed E-state index contributed by atoms with van der Waals surface area (Å²) in [5, 5.41) is 6.38. The van der Waals surface area contributed by atoms with Crippen molar-refractivity contribution in [2.75, 3.05) is 13.2 Å². The van der Waals surface area contributed by atoms with Crippen molar-refractivity contribution in [2.45, 2.75) is 64.6 Å². The van der Waals surface area contributed by atoms with Crippen LogP contribution in [0.5, 0.6) is 0 Å². The molecule has 1 aliphatic heterocycles. The lowest BCUT2D eigenvalue weighted by molar-refractivity contribution is -0.124. The van der Waals surface area contributed by atoms with Gasteiger partial charge in [0, 0.05) is 18.2 Å². The van der Waals surface area contributed by atoms with E-state index in [0.717, 1.165) is 32.5 Å². The molecule has 1 rings (SSSR count). The fourth-order valence-electron chi connectivity index (χ4n) is 1.83. The molecule has 0 aromatic rings. The Bertz CT molecular complexity index is 248. The molecule has 0 spiro atoms. The number of carbonyl (C=O) groups is 1. The first-order valence-electron chi connectivity index (χ1n) is 6.60. The van der Waals surface area contributed by atoms with Gasteiger partial charge < -0.3 is 15.4 Å². The highest BCUT2D eigenvalue weighted by Gasteiger charge is 2.24.